The van der Waals surface area contributed by atoms with Gasteiger partial charge in [0.05, 0.1) is 0 Å². The summed E-state index contributed by atoms with van der Waals surface area (Å²) in [6.45, 7) is 5.93. The van der Waals surface area contributed by atoms with Crippen LogP contribution in [-0.2, 0) is 24.1 Å². The predicted molar refractivity (Wildman–Crippen MR) is 106 cm³/mol. The third-order valence-corrected chi connectivity index (χ3v) is 4.98. The van der Waals surface area contributed by atoms with Crippen LogP contribution in [0.4, 0.5) is 0 Å². The van der Waals surface area contributed by atoms with Crippen molar-refractivity contribution in [1.82, 2.24) is 5.32 Å². The zero-order chi connectivity index (χ0) is 18.6. The van der Waals surface area contributed by atoms with E-state index in [1.807, 2.05) is 37.3 Å². The van der Waals surface area contributed by atoms with E-state index >= 15 is 0 Å². The average molecular weight is 351 g/mol. The number of hydrogen-bond acceptors (Lipinski definition) is 2. The molecule has 1 atom stereocenters. The zero-order valence-corrected chi connectivity index (χ0v) is 16.0. The molecule has 3 rings (SSSR count). The number of nitrogens with one attached hydrogen (secondary N) is 1. The molecule has 3 heteroatoms. The van der Waals surface area contributed by atoms with Crippen LogP contribution in [0.2, 0.25) is 0 Å². The SMILES string of the molecule is CC(Oc1cccc2c1CCCC2)C(=O)NC(C)(C)Cc1ccccc1. The van der Waals surface area contributed by atoms with Gasteiger partial charge in [-0.1, -0.05) is 42.5 Å². The maximum absolute atomic E-state index is 12.7. The molecule has 0 bridgehead atoms. The summed E-state index contributed by atoms with van der Waals surface area (Å²) in [5.41, 5.74) is 3.53. The fourth-order valence-electron chi connectivity index (χ4n) is 3.69. The van der Waals surface area contributed by atoms with Gasteiger partial charge in [-0.15, -0.1) is 0 Å². The summed E-state index contributed by atoms with van der Waals surface area (Å²) < 4.78 is 6.06. The highest BCUT2D eigenvalue weighted by Crippen LogP contribution is 2.30. The minimum absolute atomic E-state index is 0.0701. The van der Waals surface area contributed by atoms with Crippen molar-refractivity contribution >= 4 is 5.91 Å². The molecule has 1 aliphatic carbocycles. The van der Waals surface area contributed by atoms with E-state index in [4.69, 9.17) is 4.74 Å². The second-order valence-corrected chi connectivity index (χ2v) is 7.90. The van der Waals surface area contributed by atoms with E-state index in [1.165, 1.54) is 29.5 Å². The highest BCUT2D eigenvalue weighted by atomic mass is 16.5. The molecule has 0 spiro atoms. The van der Waals surface area contributed by atoms with E-state index in [0.29, 0.717) is 0 Å². The van der Waals surface area contributed by atoms with Crippen molar-refractivity contribution in [2.24, 2.45) is 0 Å². The van der Waals surface area contributed by atoms with Crippen LogP contribution in [0.1, 0.15) is 50.3 Å². The summed E-state index contributed by atoms with van der Waals surface area (Å²) in [5, 5.41) is 3.14. The molecule has 0 heterocycles. The maximum atomic E-state index is 12.7. The molecule has 26 heavy (non-hydrogen) atoms. The number of carbonyl (C=O) groups is 1. The van der Waals surface area contributed by atoms with Crippen molar-refractivity contribution in [1.29, 1.82) is 0 Å². The number of carbonyl (C=O) groups excluding carboxylic acids is 1. The highest BCUT2D eigenvalue weighted by Gasteiger charge is 2.26. The van der Waals surface area contributed by atoms with Gasteiger partial charge < -0.3 is 10.1 Å². The summed E-state index contributed by atoms with van der Waals surface area (Å²) in [6.07, 6.45) is 4.85. The van der Waals surface area contributed by atoms with Crippen LogP contribution in [-0.4, -0.2) is 17.6 Å². The first-order chi connectivity index (χ1) is 12.4. The molecule has 2 aromatic rings. The summed E-state index contributed by atoms with van der Waals surface area (Å²) in [4.78, 5) is 12.7. The molecule has 2 aromatic carbocycles. The van der Waals surface area contributed by atoms with Crippen LogP contribution >= 0.6 is 0 Å². The van der Waals surface area contributed by atoms with E-state index in [1.54, 1.807) is 0 Å². The molecule has 1 aliphatic rings. The van der Waals surface area contributed by atoms with Crippen molar-refractivity contribution < 1.29 is 9.53 Å². The summed E-state index contributed by atoms with van der Waals surface area (Å²) in [7, 11) is 0. The number of hydrogen-bond donors (Lipinski definition) is 1. The lowest BCUT2D eigenvalue weighted by Gasteiger charge is -2.29. The Kier molecular flexibility index (Phi) is 5.65. The molecule has 1 N–H and O–H groups in total. The molecule has 1 amide bonds. The quantitative estimate of drug-likeness (QED) is 0.834. The molecule has 0 aromatic heterocycles. The molecule has 0 radical (unpaired) electrons. The fourth-order valence-corrected chi connectivity index (χ4v) is 3.69. The average Bonchev–Trinajstić information content (AvgIpc) is 2.62. The normalized spacial score (nSPS) is 15.0. The number of rotatable bonds is 6. The lowest BCUT2D eigenvalue weighted by molar-refractivity contribution is -0.128. The lowest BCUT2D eigenvalue weighted by Crippen LogP contribution is -2.49. The third kappa shape index (κ3) is 4.66. The molecule has 138 valence electrons. The van der Waals surface area contributed by atoms with Gasteiger partial charge >= 0.3 is 0 Å². The zero-order valence-electron chi connectivity index (χ0n) is 16.0. The molecule has 0 fully saturated rings. The molecular formula is C23H29NO2. The Bertz CT molecular complexity index is 752. The van der Waals surface area contributed by atoms with Crippen LogP contribution in [0.3, 0.4) is 0 Å². The van der Waals surface area contributed by atoms with Gasteiger partial charge in [0.1, 0.15) is 5.75 Å². The summed E-state index contributed by atoms with van der Waals surface area (Å²) >= 11 is 0. The Labute approximate surface area is 156 Å². The lowest BCUT2D eigenvalue weighted by atomic mass is 9.91. The second kappa shape index (κ2) is 7.94. The first-order valence-corrected chi connectivity index (χ1v) is 9.58. The van der Waals surface area contributed by atoms with Crippen LogP contribution in [0, 0.1) is 0 Å². The first kappa shape index (κ1) is 18.5. The summed E-state index contributed by atoms with van der Waals surface area (Å²) in [6, 6.07) is 16.4. The standard InChI is InChI=1S/C23H29NO2/c1-17(26-21-15-9-13-19-12-7-8-14-20(19)21)22(25)24-23(2,3)16-18-10-5-4-6-11-18/h4-6,9-11,13,15,17H,7-8,12,14,16H2,1-3H3,(H,24,25). The number of aryl methyl sites for hydroxylation is 1. The topological polar surface area (TPSA) is 38.3 Å². The van der Waals surface area contributed by atoms with Crippen LogP contribution in [0.15, 0.2) is 48.5 Å². The monoisotopic (exact) mass is 351 g/mol. The van der Waals surface area contributed by atoms with E-state index in [2.05, 4.69) is 37.4 Å². The van der Waals surface area contributed by atoms with Gasteiger partial charge in [-0.05, 0) is 75.6 Å². The van der Waals surface area contributed by atoms with Crippen LogP contribution in [0.5, 0.6) is 5.75 Å². The maximum Gasteiger partial charge on any atom is 0.261 e. The number of fused-ring (bicyclic) bond motifs is 1. The van der Waals surface area contributed by atoms with Crippen molar-refractivity contribution in [2.75, 3.05) is 0 Å². The Morgan fingerprint density at radius 2 is 1.81 bits per heavy atom. The van der Waals surface area contributed by atoms with Crippen molar-refractivity contribution in [3.8, 4) is 5.75 Å². The molecule has 1 unspecified atom stereocenters. The molecule has 0 saturated heterocycles. The van der Waals surface area contributed by atoms with Gasteiger partial charge in [0.15, 0.2) is 6.10 Å². The van der Waals surface area contributed by atoms with Crippen LogP contribution in [0.25, 0.3) is 0 Å². The third-order valence-electron chi connectivity index (χ3n) is 4.98. The first-order valence-electron chi connectivity index (χ1n) is 9.58. The summed E-state index contributed by atoms with van der Waals surface area (Å²) in [5.74, 6) is 0.796. The Morgan fingerprint density at radius 3 is 2.58 bits per heavy atom. The van der Waals surface area contributed by atoms with Gasteiger partial charge in [-0.25, -0.2) is 0 Å². The minimum atomic E-state index is -0.515. The van der Waals surface area contributed by atoms with Gasteiger partial charge in [-0.3, -0.25) is 4.79 Å². The number of ether oxygens (including phenoxy) is 1. The molecule has 0 aliphatic heterocycles. The fraction of sp³-hybridized carbons (Fsp3) is 0.435. The van der Waals surface area contributed by atoms with E-state index in [-0.39, 0.29) is 11.4 Å². The smallest absolute Gasteiger partial charge is 0.261 e. The molecule has 0 saturated carbocycles. The van der Waals surface area contributed by atoms with E-state index in [9.17, 15) is 4.79 Å². The second-order valence-electron chi connectivity index (χ2n) is 7.90. The van der Waals surface area contributed by atoms with E-state index < -0.39 is 6.10 Å². The van der Waals surface area contributed by atoms with Crippen molar-refractivity contribution in [2.45, 2.75) is 64.5 Å². The Morgan fingerprint density at radius 1 is 1.08 bits per heavy atom. The van der Waals surface area contributed by atoms with Crippen LogP contribution < -0.4 is 10.1 Å². The minimum Gasteiger partial charge on any atom is -0.481 e. The van der Waals surface area contributed by atoms with Crippen molar-refractivity contribution in [3.63, 3.8) is 0 Å². The molecule has 3 nitrogen and oxygen atoms in total. The highest BCUT2D eigenvalue weighted by molar-refractivity contribution is 5.81. The van der Waals surface area contributed by atoms with Gasteiger partial charge in [0.25, 0.3) is 5.91 Å². The Hall–Kier alpha value is -2.29. The van der Waals surface area contributed by atoms with Gasteiger partial charge in [0.2, 0.25) is 0 Å². The molecular weight excluding hydrogens is 322 g/mol. The van der Waals surface area contributed by atoms with Gasteiger partial charge in [0, 0.05) is 5.54 Å². The van der Waals surface area contributed by atoms with Gasteiger partial charge in [-0.2, -0.15) is 0 Å². The largest absolute Gasteiger partial charge is 0.481 e. The number of amides is 1. The predicted octanol–water partition coefficient (Wildman–Crippen LogP) is 4.47. The number of benzene rings is 2. The van der Waals surface area contributed by atoms with Crippen molar-refractivity contribution in [3.05, 3.63) is 65.2 Å². The van der Waals surface area contributed by atoms with E-state index in [0.717, 1.165) is 25.0 Å². The Balaban J connectivity index is 1.63.